The van der Waals surface area contributed by atoms with Crippen molar-refractivity contribution in [3.05, 3.63) is 35.5 Å². The van der Waals surface area contributed by atoms with E-state index in [4.69, 9.17) is 0 Å². The van der Waals surface area contributed by atoms with E-state index in [9.17, 15) is 9.90 Å². The first kappa shape index (κ1) is 16.1. The van der Waals surface area contributed by atoms with Crippen molar-refractivity contribution in [2.75, 3.05) is 13.1 Å². The lowest BCUT2D eigenvalue weighted by atomic mass is 9.71. The van der Waals surface area contributed by atoms with Gasteiger partial charge in [0.2, 0.25) is 0 Å². The first-order valence-corrected chi connectivity index (χ1v) is 8.21. The van der Waals surface area contributed by atoms with E-state index in [-0.39, 0.29) is 11.3 Å². The SMILES string of the molecule is Cc1cccc2cc(C(=O)N3CC[C@](C)(O)C(C)(C)C3)n(C)c12. The molecule has 3 rings (SSSR count). The van der Waals surface area contributed by atoms with Crippen LogP contribution >= 0.6 is 0 Å². The van der Waals surface area contributed by atoms with Gasteiger partial charge >= 0.3 is 0 Å². The molecule has 2 heterocycles. The highest BCUT2D eigenvalue weighted by molar-refractivity contribution is 5.99. The Morgan fingerprint density at radius 3 is 2.57 bits per heavy atom. The van der Waals surface area contributed by atoms with E-state index >= 15 is 0 Å². The van der Waals surface area contributed by atoms with Crippen molar-refractivity contribution in [2.45, 2.75) is 39.7 Å². The number of nitrogens with zero attached hydrogens (tertiary/aromatic N) is 2. The molecule has 4 heteroatoms. The van der Waals surface area contributed by atoms with Gasteiger partial charge in [-0.05, 0) is 31.9 Å². The van der Waals surface area contributed by atoms with Crippen LogP contribution in [0.3, 0.4) is 0 Å². The summed E-state index contributed by atoms with van der Waals surface area (Å²) in [6.45, 7) is 9.15. The molecule has 0 spiro atoms. The summed E-state index contributed by atoms with van der Waals surface area (Å²) in [5.74, 6) is 0.0478. The van der Waals surface area contributed by atoms with E-state index in [1.165, 1.54) is 5.56 Å². The second kappa shape index (κ2) is 5.10. The van der Waals surface area contributed by atoms with Crippen LogP contribution in [0.25, 0.3) is 10.9 Å². The molecule has 1 aliphatic heterocycles. The number of benzene rings is 1. The predicted molar refractivity (Wildman–Crippen MR) is 92.6 cm³/mol. The maximum Gasteiger partial charge on any atom is 0.270 e. The van der Waals surface area contributed by atoms with Crippen LogP contribution in [-0.2, 0) is 7.05 Å². The number of rotatable bonds is 1. The lowest BCUT2D eigenvalue weighted by Crippen LogP contribution is -2.57. The molecular weight excluding hydrogens is 288 g/mol. The Kier molecular flexibility index (Phi) is 3.56. The highest BCUT2D eigenvalue weighted by atomic mass is 16.3. The fourth-order valence-electron chi connectivity index (χ4n) is 3.58. The number of amides is 1. The number of hydrogen-bond acceptors (Lipinski definition) is 2. The van der Waals surface area contributed by atoms with Gasteiger partial charge in [-0.1, -0.05) is 32.0 Å². The lowest BCUT2D eigenvalue weighted by molar-refractivity contribution is -0.0972. The summed E-state index contributed by atoms with van der Waals surface area (Å²) in [4.78, 5) is 14.9. The fraction of sp³-hybridized carbons (Fsp3) is 0.526. The Morgan fingerprint density at radius 1 is 1.26 bits per heavy atom. The van der Waals surface area contributed by atoms with Crippen molar-refractivity contribution in [3.63, 3.8) is 0 Å². The molecule has 1 fully saturated rings. The van der Waals surface area contributed by atoms with Crippen molar-refractivity contribution in [2.24, 2.45) is 12.5 Å². The summed E-state index contributed by atoms with van der Waals surface area (Å²) in [7, 11) is 1.95. The van der Waals surface area contributed by atoms with Gasteiger partial charge in [-0.25, -0.2) is 0 Å². The van der Waals surface area contributed by atoms with Gasteiger partial charge in [0.1, 0.15) is 5.69 Å². The monoisotopic (exact) mass is 314 g/mol. The van der Waals surface area contributed by atoms with Crippen LogP contribution < -0.4 is 0 Å². The minimum absolute atomic E-state index is 0.0478. The number of piperidine rings is 1. The van der Waals surface area contributed by atoms with Gasteiger partial charge in [-0.3, -0.25) is 4.79 Å². The average Bonchev–Trinajstić information content (AvgIpc) is 2.80. The molecule has 0 radical (unpaired) electrons. The molecule has 0 aliphatic carbocycles. The van der Waals surface area contributed by atoms with Gasteiger partial charge in [0.05, 0.1) is 11.1 Å². The zero-order valence-corrected chi connectivity index (χ0v) is 14.7. The molecule has 2 aromatic rings. The molecule has 124 valence electrons. The third kappa shape index (κ3) is 2.45. The molecule has 0 bridgehead atoms. The number of carbonyl (C=O) groups excluding carboxylic acids is 1. The molecule has 0 unspecified atom stereocenters. The van der Waals surface area contributed by atoms with E-state index in [2.05, 4.69) is 13.0 Å². The smallest absolute Gasteiger partial charge is 0.270 e. The number of para-hydroxylation sites is 1. The summed E-state index contributed by atoms with van der Waals surface area (Å²) in [6.07, 6.45) is 0.606. The third-order valence-electron chi connectivity index (χ3n) is 5.68. The van der Waals surface area contributed by atoms with Crippen molar-refractivity contribution in [1.29, 1.82) is 0 Å². The summed E-state index contributed by atoms with van der Waals surface area (Å²) in [6, 6.07) is 8.11. The predicted octanol–water partition coefficient (Wildman–Crippen LogP) is 3.11. The molecule has 1 N–H and O–H groups in total. The normalized spacial score (nSPS) is 24.2. The van der Waals surface area contributed by atoms with Crippen LogP contribution in [0.15, 0.2) is 24.3 Å². The van der Waals surface area contributed by atoms with E-state index in [0.29, 0.717) is 25.2 Å². The Balaban J connectivity index is 1.96. The second-order valence-electron chi connectivity index (χ2n) is 7.74. The molecule has 4 nitrogen and oxygen atoms in total. The van der Waals surface area contributed by atoms with Gasteiger partial charge in [-0.15, -0.1) is 0 Å². The summed E-state index contributed by atoms with van der Waals surface area (Å²) in [5, 5.41) is 11.6. The minimum Gasteiger partial charge on any atom is -0.389 e. The van der Waals surface area contributed by atoms with Gasteiger partial charge in [0.15, 0.2) is 0 Å². The molecule has 1 aromatic heterocycles. The molecule has 1 saturated heterocycles. The molecule has 23 heavy (non-hydrogen) atoms. The van der Waals surface area contributed by atoms with Crippen LogP contribution in [0.5, 0.6) is 0 Å². The lowest BCUT2D eigenvalue weighted by Gasteiger charge is -2.48. The van der Waals surface area contributed by atoms with E-state index in [1.54, 1.807) is 0 Å². The number of aliphatic hydroxyl groups is 1. The molecule has 1 aliphatic rings. The van der Waals surface area contributed by atoms with E-state index in [0.717, 1.165) is 10.9 Å². The van der Waals surface area contributed by atoms with Crippen LogP contribution in [0, 0.1) is 12.3 Å². The Labute approximate surface area is 137 Å². The maximum absolute atomic E-state index is 13.0. The second-order valence-corrected chi connectivity index (χ2v) is 7.74. The number of carbonyl (C=O) groups is 1. The first-order chi connectivity index (χ1) is 10.6. The fourth-order valence-corrected chi connectivity index (χ4v) is 3.58. The number of hydrogen-bond donors (Lipinski definition) is 1. The number of fused-ring (bicyclic) bond motifs is 1. The number of aromatic nitrogens is 1. The number of likely N-dealkylation sites (tertiary alicyclic amines) is 1. The molecule has 1 aromatic carbocycles. The highest BCUT2D eigenvalue weighted by Crippen LogP contribution is 2.38. The molecule has 0 saturated carbocycles. The van der Waals surface area contributed by atoms with Crippen LogP contribution in [0.4, 0.5) is 0 Å². The van der Waals surface area contributed by atoms with Crippen molar-refractivity contribution in [1.82, 2.24) is 9.47 Å². The highest BCUT2D eigenvalue weighted by Gasteiger charge is 2.45. The summed E-state index contributed by atoms with van der Waals surface area (Å²) < 4.78 is 1.99. The third-order valence-corrected chi connectivity index (χ3v) is 5.68. The molecular formula is C19H26N2O2. The maximum atomic E-state index is 13.0. The standard InChI is InChI=1S/C19H26N2O2/c1-13-7-6-8-14-11-15(20(5)16(13)14)17(22)21-10-9-19(4,23)18(2,3)12-21/h6-8,11,23H,9-10,12H2,1-5H3/t19-/m0/s1. The van der Waals surface area contributed by atoms with Crippen molar-refractivity contribution < 1.29 is 9.90 Å². The number of aryl methyl sites for hydroxylation is 2. The quantitative estimate of drug-likeness (QED) is 0.879. The minimum atomic E-state index is -0.737. The Morgan fingerprint density at radius 2 is 1.96 bits per heavy atom. The first-order valence-electron chi connectivity index (χ1n) is 8.21. The average molecular weight is 314 g/mol. The van der Waals surface area contributed by atoms with E-state index < -0.39 is 5.60 Å². The van der Waals surface area contributed by atoms with E-state index in [1.807, 2.05) is 55.5 Å². The molecule has 1 atom stereocenters. The van der Waals surface area contributed by atoms with Gasteiger partial charge in [0, 0.05) is 30.9 Å². The van der Waals surface area contributed by atoms with Crippen molar-refractivity contribution in [3.8, 4) is 0 Å². The molecule has 1 amide bonds. The zero-order valence-electron chi connectivity index (χ0n) is 14.7. The Bertz CT molecular complexity index is 771. The van der Waals surface area contributed by atoms with Gasteiger partial charge in [-0.2, -0.15) is 0 Å². The Hall–Kier alpha value is -1.81. The zero-order chi connectivity index (χ0) is 17.0. The van der Waals surface area contributed by atoms with Crippen LogP contribution in [-0.4, -0.2) is 39.2 Å². The summed E-state index contributed by atoms with van der Waals surface area (Å²) in [5.41, 5.74) is 1.94. The van der Waals surface area contributed by atoms with Crippen molar-refractivity contribution >= 4 is 16.8 Å². The largest absolute Gasteiger partial charge is 0.389 e. The van der Waals surface area contributed by atoms with Gasteiger partial charge in [0.25, 0.3) is 5.91 Å². The summed E-state index contributed by atoms with van der Waals surface area (Å²) >= 11 is 0. The topological polar surface area (TPSA) is 45.5 Å². The van der Waals surface area contributed by atoms with Crippen LogP contribution in [0.1, 0.15) is 43.2 Å². The van der Waals surface area contributed by atoms with Gasteiger partial charge < -0.3 is 14.6 Å². The van der Waals surface area contributed by atoms with Crippen LogP contribution in [0.2, 0.25) is 0 Å².